The van der Waals surface area contributed by atoms with Gasteiger partial charge in [0.1, 0.15) is 37.1 Å². The number of nitriles is 3. The highest BCUT2D eigenvalue weighted by Crippen LogP contribution is 2.36. The number of benzene rings is 1. The molecule has 7 heteroatoms. The molecule has 1 aliphatic rings. The van der Waals surface area contributed by atoms with E-state index in [9.17, 15) is 4.79 Å². The summed E-state index contributed by atoms with van der Waals surface area (Å²) >= 11 is 0. The van der Waals surface area contributed by atoms with Crippen LogP contribution >= 0.6 is 0 Å². The van der Waals surface area contributed by atoms with Gasteiger partial charge in [-0.15, -0.1) is 0 Å². The minimum atomic E-state index is -0.369. The molecule has 0 atom stereocenters. The monoisotopic (exact) mass is 294 g/mol. The Morgan fingerprint density at radius 3 is 2.18 bits per heavy atom. The van der Waals surface area contributed by atoms with Crippen molar-refractivity contribution in [1.29, 1.82) is 15.8 Å². The zero-order valence-electron chi connectivity index (χ0n) is 11.6. The maximum atomic E-state index is 11.8. The lowest BCUT2D eigenvalue weighted by Crippen LogP contribution is -2.16. The molecule has 0 fully saturated rings. The minimum absolute atomic E-state index is 0.232. The van der Waals surface area contributed by atoms with E-state index in [1.165, 1.54) is 19.1 Å². The zero-order valence-corrected chi connectivity index (χ0v) is 11.6. The Morgan fingerprint density at radius 1 is 1.09 bits per heavy atom. The highest BCUT2D eigenvalue weighted by atomic mass is 16.6. The maximum Gasteiger partial charge on any atom is 0.163 e. The van der Waals surface area contributed by atoms with E-state index in [2.05, 4.69) is 5.32 Å². The highest BCUT2D eigenvalue weighted by molar-refractivity contribution is 6.01. The Hall–Kier alpha value is -3.50. The molecule has 1 N–H and O–H groups in total. The van der Waals surface area contributed by atoms with Gasteiger partial charge in [-0.3, -0.25) is 4.79 Å². The molecule has 0 bridgehead atoms. The lowest BCUT2D eigenvalue weighted by molar-refractivity contribution is 0.101. The first kappa shape index (κ1) is 14.9. The molecule has 0 amide bonds. The Bertz CT molecular complexity index is 775. The Morgan fingerprint density at radius 2 is 1.68 bits per heavy atom. The van der Waals surface area contributed by atoms with E-state index in [4.69, 9.17) is 25.3 Å². The van der Waals surface area contributed by atoms with Crippen LogP contribution in [0.1, 0.15) is 17.3 Å². The van der Waals surface area contributed by atoms with Crippen molar-refractivity contribution >= 4 is 11.5 Å². The van der Waals surface area contributed by atoms with Crippen molar-refractivity contribution < 1.29 is 14.3 Å². The number of ether oxygens (including phenoxy) is 2. The third-order valence-electron chi connectivity index (χ3n) is 2.91. The van der Waals surface area contributed by atoms with Gasteiger partial charge in [-0.1, -0.05) is 0 Å². The molecule has 0 saturated carbocycles. The fourth-order valence-electron chi connectivity index (χ4n) is 1.90. The van der Waals surface area contributed by atoms with Gasteiger partial charge in [-0.25, -0.2) is 0 Å². The van der Waals surface area contributed by atoms with Crippen molar-refractivity contribution in [3.05, 3.63) is 29.0 Å². The summed E-state index contributed by atoms with van der Waals surface area (Å²) in [6.07, 6.45) is 0. The summed E-state index contributed by atoms with van der Waals surface area (Å²) in [5.74, 6) is 0.601. The molecule has 22 heavy (non-hydrogen) atoms. The molecule has 0 spiro atoms. The molecule has 0 radical (unpaired) electrons. The van der Waals surface area contributed by atoms with Gasteiger partial charge in [-0.2, -0.15) is 15.8 Å². The average molecular weight is 294 g/mol. The van der Waals surface area contributed by atoms with E-state index in [1.54, 1.807) is 18.2 Å². The summed E-state index contributed by atoms with van der Waals surface area (Å²) in [7, 11) is 0. The number of carbonyl (C=O) groups is 1. The van der Waals surface area contributed by atoms with Crippen LogP contribution < -0.4 is 14.8 Å². The molecule has 0 aromatic heterocycles. The second kappa shape index (κ2) is 6.30. The van der Waals surface area contributed by atoms with Crippen LogP contribution in [0, 0.1) is 34.0 Å². The van der Waals surface area contributed by atoms with Gasteiger partial charge >= 0.3 is 0 Å². The van der Waals surface area contributed by atoms with E-state index < -0.39 is 0 Å². The topological polar surface area (TPSA) is 119 Å². The number of nitrogens with zero attached hydrogens (tertiary/aromatic N) is 3. The van der Waals surface area contributed by atoms with E-state index in [-0.39, 0.29) is 28.3 Å². The number of allylic oxidation sites excluding steroid dienone is 2. The van der Waals surface area contributed by atoms with Crippen LogP contribution in [0.4, 0.5) is 5.69 Å². The van der Waals surface area contributed by atoms with Gasteiger partial charge in [0.25, 0.3) is 0 Å². The SMILES string of the molecule is CC(=O)c1cc2c(cc1NC(C#N)=C(C#N)C#N)OCCO2. The van der Waals surface area contributed by atoms with Gasteiger partial charge < -0.3 is 14.8 Å². The molecule has 1 heterocycles. The second-order valence-electron chi connectivity index (χ2n) is 4.31. The first-order valence-corrected chi connectivity index (χ1v) is 6.27. The van der Waals surface area contributed by atoms with Crippen LogP contribution in [-0.4, -0.2) is 19.0 Å². The first-order chi connectivity index (χ1) is 10.6. The van der Waals surface area contributed by atoms with Crippen molar-refractivity contribution in [2.75, 3.05) is 18.5 Å². The van der Waals surface area contributed by atoms with Gasteiger partial charge in [0, 0.05) is 11.6 Å². The van der Waals surface area contributed by atoms with Crippen molar-refractivity contribution in [3.8, 4) is 29.7 Å². The van der Waals surface area contributed by atoms with E-state index >= 15 is 0 Å². The molecule has 1 aromatic rings. The molecule has 1 aromatic carbocycles. The van der Waals surface area contributed by atoms with Gasteiger partial charge in [0.05, 0.1) is 5.69 Å². The van der Waals surface area contributed by atoms with Crippen LogP contribution in [0.15, 0.2) is 23.4 Å². The highest BCUT2D eigenvalue weighted by Gasteiger charge is 2.19. The Labute approximate surface area is 126 Å². The second-order valence-corrected chi connectivity index (χ2v) is 4.31. The summed E-state index contributed by atoms with van der Waals surface area (Å²) in [5, 5.41) is 29.4. The molecule has 0 saturated heterocycles. The molecule has 0 unspecified atom stereocenters. The standard InChI is InChI=1S/C15H10N4O3/c1-9(20)11-4-14-15(22-3-2-21-14)5-12(11)19-13(8-18)10(6-16)7-17/h4-5,19H,2-3H2,1H3. The summed E-state index contributed by atoms with van der Waals surface area (Å²) in [6, 6.07) is 8.01. The lowest BCUT2D eigenvalue weighted by atomic mass is 10.1. The van der Waals surface area contributed by atoms with Crippen molar-refractivity contribution in [2.24, 2.45) is 0 Å². The molecule has 2 rings (SSSR count). The normalized spacial score (nSPS) is 11.4. The molecule has 0 aliphatic carbocycles. The number of fused-ring (bicyclic) bond motifs is 1. The number of rotatable bonds is 3. The van der Waals surface area contributed by atoms with Crippen molar-refractivity contribution in [3.63, 3.8) is 0 Å². The summed E-state index contributed by atoms with van der Waals surface area (Å²) in [5.41, 5.74) is -0.0559. The number of hydrogen-bond acceptors (Lipinski definition) is 7. The van der Waals surface area contributed by atoms with Crippen LogP contribution in [0.2, 0.25) is 0 Å². The first-order valence-electron chi connectivity index (χ1n) is 6.27. The fraction of sp³-hybridized carbons (Fsp3) is 0.200. The molecular formula is C15H10N4O3. The fourth-order valence-corrected chi connectivity index (χ4v) is 1.90. The van der Waals surface area contributed by atoms with E-state index in [1.807, 2.05) is 0 Å². The molecule has 7 nitrogen and oxygen atoms in total. The average Bonchev–Trinajstić information content (AvgIpc) is 2.54. The predicted octanol–water partition coefficient (Wildman–Crippen LogP) is 1.90. The van der Waals surface area contributed by atoms with Crippen molar-refractivity contribution in [2.45, 2.75) is 6.92 Å². The van der Waals surface area contributed by atoms with Crippen LogP contribution in [0.3, 0.4) is 0 Å². The van der Waals surface area contributed by atoms with Gasteiger partial charge in [0.2, 0.25) is 0 Å². The largest absolute Gasteiger partial charge is 0.486 e. The number of carbonyl (C=O) groups excluding carboxylic acids is 1. The van der Waals surface area contributed by atoms with Gasteiger partial charge in [0.15, 0.2) is 22.9 Å². The van der Waals surface area contributed by atoms with E-state index in [0.29, 0.717) is 24.7 Å². The smallest absolute Gasteiger partial charge is 0.163 e. The van der Waals surface area contributed by atoms with Crippen LogP contribution in [0.5, 0.6) is 11.5 Å². The minimum Gasteiger partial charge on any atom is -0.486 e. The third kappa shape index (κ3) is 2.82. The summed E-state index contributed by atoms with van der Waals surface area (Å²) < 4.78 is 10.8. The summed E-state index contributed by atoms with van der Waals surface area (Å²) in [4.78, 5) is 11.8. The van der Waals surface area contributed by atoms with Crippen LogP contribution in [-0.2, 0) is 0 Å². The maximum absolute atomic E-state index is 11.8. The molecule has 108 valence electrons. The molecule has 1 aliphatic heterocycles. The van der Waals surface area contributed by atoms with Crippen LogP contribution in [0.25, 0.3) is 0 Å². The zero-order chi connectivity index (χ0) is 16.1. The summed E-state index contributed by atoms with van der Waals surface area (Å²) in [6.45, 7) is 2.11. The lowest BCUT2D eigenvalue weighted by Gasteiger charge is -2.21. The number of hydrogen-bond donors (Lipinski definition) is 1. The number of ketones is 1. The molecular weight excluding hydrogens is 284 g/mol. The Balaban J connectivity index is 2.53. The quantitative estimate of drug-likeness (QED) is 0.667. The third-order valence-corrected chi connectivity index (χ3v) is 2.91. The van der Waals surface area contributed by atoms with Gasteiger partial charge in [-0.05, 0) is 13.0 Å². The predicted molar refractivity (Wildman–Crippen MR) is 74.9 cm³/mol. The number of anilines is 1. The number of Topliss-reactive ketones (excluding diaryl/α,β-unsaturated/α-hetero) is 1. The van der Waals surface area contributed by atoms with Crippen molar-refractivity contribution in [1.82, 2.24) is 0 Å². The number of nitrogens with one attached hydrogen (secondary N) is 1. The Kier molecular flexibility index (Phi) is 4.27. The van der Waals surface area contributed by atoms with E-state index in [0.717, 1.165) is 0 Å².